The second-order valence-electron chi connectivity index (χ2n) is 7.81. The Morgan fingerprint density at radius 3 is 2.58 bits per heavy atom. The van der Waals surface area contributed by atoms with E-state index in [0.717, 1.165) is 11.8 Å². The summed E-state index contributed by atoms with van der Waals surface area (Å²) in [6, 6.07) is 9.46. The van der Waals surface area contributed by atoms with Crippen molar-refractivity contribution in [2.24, 2.45) is 5.92 Å². The first kappa shape index (κ1) is 19.9. The highest BCUT2D eigenvalue weighted by Crippen LogP contribution is 2.37. The van der Waals surface area contributed by atoms with Crippen molar-refractivity contribution in [3.8, 4) is 0 Å². The SMILES string of the molecule is CC(C)(C)OC(=O)NC1(CC=O)CC[C@@H](C(=O)OCc2ccccc2)C1. The van der Waals surface area contributed by atoms with Gasteiger partial charge >= 0.3 is 12.1 Å². The molecule has 1 N–H and O–H groups in total. The van der Waals surface area contributed by atoms with Gasteiger partial charge in [0.25, 0.3) is 0 Å². The lowest BCUT2D eigenvalue weighted by Gasteiger charge is -2.30. The Balaban J connectivity index is 1.93. The van der Waals surface area contributed by atoms with E-state index in [4.69, 9.17) is 9.47 Å². The lowest BCUT2D eigenvalue weighted by Crippen LogP contribution is -2.49. The van der Waals surface area contributed by atoms with E-state index in [9.17, 15) is 14.4 Å². The second-order valence-corrected chi connectivity index (χ2v) is 7.81. The predicted molar refractivity (Wildman–Crippen MR) is 96.4 cm³/mol. The molecule has 2 atom stereocenters. The molecule has 6 heteroatoms. The molecule has 0 radical (unpaired) electrons. The molecule has 0 aliphatic heterocycles. The summed E-state index contributed by atoms with van der Waals surface area (Å²) < 4.78 is 10.7. The summed E-state index contributed by atoms with van der Waals surface area (Å²) in [5, 5.41) is 2.81. The molecule has 0 saturated heterocycles. The Bertz CT molecular complexity index is 637. The Labute approximate surface area is 154 Å². The fraction of sp³-hybridized carbons (Fsp3) is 0.550. The van der Waals surface area contributed by atoms with Gasteiger partial charge in [-0.3, -0.25) is 4.79 Å². The average molecular weight is 361 g/mol. The van der Waals surface area contributed by atoms with Crippen molar-refractivity contribution in [2.75, 3.05) is 0 Å². The van der Waals surface area contributed by atoms with E-state index >= 15 is 0 Å². The molecule has 0 spiro atoms. The van der Waals surface area contributed by atoms with Gasteiger partial charge in [-0.1, -0.05) is 30.3 Å². The molecule has 6 nitrogen and oxygen atoms in total. The number of rotatable bonds is 6. The summed E-state index contributed by atoms with van der Waals surface area (Å²) in [6.45, 7) is 5.54. The Hall–Kier alpha value is -2.37. The van der Waals surface area contributed by atoms with E-state index in [1.54, 1.807) is 20.8 Å². The molecular weight excluding hydrogens is 334 g/mol. The number of carbonyl (C=O) groups excluding carboxylic acids is 3. The first-order valence-corrected chi connectivity index (χ1v) is 8.88. The molecule has 0 aromatic heterocycles. The topological polar surface area (TPSA) is 81.7 Å². The minimum atomic E-state index is -0.749. The maximum absolute atomic E-state index is 12.4. The normalized spacial score (nSPS) is 22.5. The summed E-state index contributed by atoms with van der Waals surface area (Å²) in [7, 11) is 0. The first-order chi connectivity index (χ1) is 12.2. The number of nitrogens with one attached hydrogen (secondary N) is 1. The zero-order chi connectivity index (χ0) is 19.2. The number of benzene rings is 1. The van der Waals surface area contributed by atoms with Gasteiger partial charge in [-0.25, -0.2) is 4.79 Å². The van der Waals surface area contributed by atoms with Crippen LogP contribution in [0.15, 0.2) is 30.3 Å². The van der Waals surface area contributed by atoms with Crippen molar-refractivity contribution in [2.45, 2.75) is 64.2 Å². The molecule has 1 fully saturated rings. The lowest BCUT2D eigenvalue weighted by atomic mass is 9.92. The zero-order valence-corrected chi connectivity index (χ0v) is 15.6. The summed E-state index contributed by atoms with van der Waals surface area (Å²) in [5.41, 5.74) is -0.454. The second kappa shape index (κ2) is 8.34. The first-order valence-electron chi connectivity index (χ1n) is 8.88. The number of aldehydes is 1. The van der Waals surface area contributed by atoms with Gasteiger partial charge in [-0.05, 0) is 45.6 Å². The zero-order valence-electron chi connectivity index (χ0n) is 15.6. The van der Waals surface area contributed by atoms with Crippen molar-refractivity contribution >= 4 is 18.3 Å². The molecule has 0 bridgehead atoms. The van der Waals surface area contributed by atoms with Crippen molar-refractivity contribution in [1.29, 1.82) is 0 Å². The minimum absolute atomic E-state index is 0.148. The van der Waals surface area contributed by atoms with Crippen LogP contribution >= 0.6 is 0 Å². The molecule has 1 aliphatic carbocycles. The third-order valence-corrected chi connectivity index (χ3v) is 4.41. The number of hydrogen-bond acceptors (Lipinski definition) is 5. The van der Waals surface area contributed by atoms with Crippen LogP contribution in [0.5, 0.6) is 0 Å². The third-order valence-electron chi connectivity index (χ3n) is 4.41. The predicted octanol–water partition coefficient (Wildman–Crippen LogP) is 3.38. The van der Waals surface area contributed by atoms with Crippen molar-refractivity contribution in [3.63, 3.8) is 0 Å². The quantitative estimate of drug-likeness (QED) is 0.620. The van der Waals surface area contributed by atoms with E-state index in [0.29, 0.717) is 19.3 Å². The van der Waals surface area contributed by atoms with Gasteiger partial charge in [-0.2, -0.15) is 0 Å². The number of alkyl carbamates (subject to hydrolysis) is 1. The molecular formula is C20H27NO5. The number of esters is 1. The van der Waals surface area contributed by atoms with E-state index < -0.39 is 17.2 Å². The van der Waals surface area contributed by atoms with E-state index in [1.807, 2.05) is 30.3 Å². The monoisotopic (exact) mass is 361 g/mol. The number of amides is 1. The Morgan fingerprint density at radius 1 is 1.27 bits per heavy atom. The number of hydrogen-bond donors (Lipinski definition) is 1. The molecule has 1 aromatic rings. The molecule has 1 unspecified atom stereocenters. The highest BCUT2D eigenvalue weighted by atomic mass is 16.6. The van der Waals surface area contributed by atoms with Gasteiger partial charge in [0.15, 0.2) is 0 Å². The maximum atomic E-state index is 12.4. The van der Waals surface area contributed by atoms with Crippen LogP contribution in [0.2, 0.25) is 0 Å². The van der Waals surface area contributed by atoms with Crippen LogP contribution in [-0.2, 0) is 25.7 Å². The molecule has 1 aliphatic rings. The smallest absolute Gasteiger partial charge is 0.408 e. The van der Waals surface area contributed by atoms with Gasteiger partial charge in [0.2, 0.25) is 0 Å². The van der Waals surface area contributed by atoms with Crippen LogP contribution < -0.4 is 5.32 Å². The highest BCUT2D eigenvalue weighted by molar-refractivity contribution is 5.74. The van der Waals surface area contributed by atoms with Crippen LogP contribution in [0.4, 0.5) is 4.79 Å². The third kappa shape index (κ3) is 5.86. The van der Waals surface area contributed by atoms with Crippen molar-refractivity contribution < 1.29 is 23.9 Å². The standard InChI is InChI=1S/C20H27NO5/c1-19(2,3)26-18(24)21-20(11-12-22)10-9-16(13-20)17(23)25-14-15-7-5-4-6-8-15/h4-8,12,16H,9-11,13-14H2,1-3H3,(H,21,24)/t16-,20?/m1/s1. The van der Waals surface area contributed by atoms with Crippen LogP contribution in [0.25, 0.3) is 0 Å². The molecule has 1 amide bonds. The van der Waals surface area contributed by atoms with Gasteiger partial charge in [-0.15, -0.1) is 0 Å². The fourth-order valence-electron chi connectivity index (χ4n) is 3.20. The molecule has 1 aromatic carbocycles. The van der Waals surface area contributed by atoms with E-state index in [-0.39, 0.29) is 24.9 Å². The number of ether oxygens (including phenoxy) is 2. The van der Waals surface area contributed by atoms with Gasteiger partial charge in [0.05, 0.1) is 11.5 Å². The molecule has 142 valence electrons. The summed E-state index contributed by atoms with van der Waals surface area (Å²) in [6.07, 6.45) is 1.83. The minimum Gasteiger partial charge on any atom is -0.461 e. The maximum Gasteiger partial charge on any atom is 0.408 e. The molecule has 0 heterocycles. The van der Waals surface area contributed by atoms with Gasteiger partial charge < -0.3 is 19.6 Å². The van der Waals surface area contributed by atoms with Crippen LogP contribution in [0.1, 0.15) is 52.0 Å². The largest absolute Gasteiger partial charge is 0.461 e. The molecule has 1 saturated carbocycles. The Morgan fingerprint density at radius 2 is 1.96 bits per heavy atom. The Kier molecular flexibility index (Phi) is 6.40. The lowest BCUT2D eigenvalue weighted by molar-refractivity contribution is -0.150. The van der Waals surface area contributed by atoms with Crippen molar-refractivity contribution in [3.05, 3.63) is 35.9 Å². The summed E-state index contributed by atoms with van der Waals surface area (Å²) >= 11 is 0. The van der Waals surface area contributed by atoms with Crippen molar-refractivity contribution in [1.82, 2.24) is 5.32 Å². The van der Waals surface area contributed by atoms with E-state index in [1.165, 1.54) is 0 Å². The van der Waals surface area contributed by atoms with Gasteiger partial charge in [0.1, 0.15) is 18.5 Å². The molecule has 26 heavy (non-hydrogen) atoms. The summed E-state index contributed by atoms with van der Waals surface area (Å²) in [5.74, 6) is -0.638. The van der Waals surface area contributed by atoms with Crippen LogP contribution in [0, 0.1) is 5.92 Å². The number of carbonyl (C=O) groups is 3. The van der Waals surface area contributed by atoms with Crippen LogP contribution in [-0.4, -0.2) is 29.5 Å². The summed E-state index contributed by atoms with van der Waals surface area (Å²) in [4.78, 5) is 35.6. The average Bonchev–Trinajstić information content (AvgIpc) is 2.96. The highest BCUT2D eigenvalue weighted by Gasteiger charge is 2.44. The van der Waals surface area contributed by atoms with Gasteiger partial charge in [0, 0.05) is 6.42 Å². The fourth-order valence-corrected chi connectivity index (χ4v) is 3.20. The van der Waals surface area contributed by atoms with Crippen LogP contribution in [0.3, 0.4) is 0 Å². The van der Waals surface area contributed by atoms with E-state index in [2.05, 4.69) is 5.32 Å². The molecule has 2 rings (SSSR count).